The van der Waals surface area contributed by atoms with Gasteiger partial charge in [0.05, 0.1) is 27.9 Å². The summed E-state index contributed by atoms with van der Waals surface area (Å²) in [5, 5.41) is 4.59. The number of hydrogen-bond donors (Lipinski definition) is 1. The lowest BCUT2D eigenvalue weighted by atomic mass is 10.0. The molecule has 3 rings (SSSR count). The van der Waals surface area contributed by atoms with Crippen LogP contribution in [-0.4, -0.2) is 48.3 Å². The Morgan fingerprint density at radius 3 is 2.86 bits per heavy atom. The normalized spacial score (nSPS) is 25.4. The monoisotopic (exact) mass is 373 g/mol. The van der Waals surface area contributed by atoms with Crippen LogP contribution < -0.4 is 5.32 Å². The summed E-state index contributed by atoms with van der Waals surface area (Å²) >= 11 is 12.1. The number of ether oxygens (including phenoxy) is 1. The van der Waals surface area contributed by atoms with E-state index in [0.717, 1.165) is 51.4 Å². The quantitative estimate of drug-likeness (QED) is 0.863. The molecule has 1 unspecified atom stereocenters. The highest BCUT2D eigenvalue weighted by Gasteiger charge is 2.39. The van der Waals surface area contributed by atoms with Gasteiger partial charge in [-0.25, -0.2) is 0 Å². The van der Waals surface area contributed by atoms with Gasteiger partial charge in [0.15, 0.2) is 0 Å². The fourth-order valence-electron chi connectivity index (χ4n) is 2.81. The van der Waals surface area contributed by atoms with E-state index in [0.29, 0.717) is 10.0 Å². The second-order valence-corrected chi connectivity index (χ2v) is 6.09. The van der Waals surface area contributed by atoms with Crippen LogP contribution in [0.2, 0.25) is 10.0 Å². The maximum atomic E-state index is 6.18. The molecule has 0 amide bonds. The van der Waals surface area contributed by atoms with Gasteiger partial charge >= 0.3 is 0 Å². The largest absolute Gasteiger partial charge is 0.371 e. The van der Waals surface area contributed by atoms with Crippen LogP contribution in [0.15, 0.2) is 12.3 Å². The van der Waals surface area contributed by atoms with Crippen molar-refractivity contribution in [2.75, 3.05) is 32.8 Å². The Labute approximate surface area is 147 Å². The van der Waals surface area contributed by atoms with Gasteiger partial charge in [-0.05, 0) is 19.0 Å². The molecule has 2 saturated heterocycles. The van der Waals surface area contributed by atoms with Crippen molar-refractivity contribution >= 4 is 48.0 Å². The lowest BCUT2D eigenvalue weighted by Crippen LogP contribution is -2.52. The minimum atomic E-state index is -0.0167. The zero-order chi connectivity index (χ0) is 13.3. The van der Waals surface area contributed by atoms with Gasteiger partial charge in [-0.1, -0.05) is 23.2 Å². The summed E-state index contributed by atoms with van der Waals surface area (Å²) in [5.74, 6) is 0. The molecular weight excluding hydrogens is 356 g/mol. The zero-order valence-electron chi connectivity index (χ0n) is 11.5. The number of nitrogens with one attached hydrogen (secondary N) is 1. The van der Waals surface area contributed by atoms with Crippen LogP contribution in [0.3, 0.4) is 0 Å². The maximum Gasteiger partial charge on any atom is 0.0945 e. The molecule has 21 heavy (non-hydrogen) atoms. The minimum absolute atomic E-state index is 0. The standard InChI is InChI=1S/C13H17Cl2N3O.2ClH/c14-10-5-11(15)12(17-6-10)7-18-3-4-19-13(9-18)1-2-16-8-13;;/h5-6,16H,1-4,7-9H2;2*1H. The second kappa shape index (κ2) is 8.16. The summed E-state index contributed by atoms with van der Waals surface area (Å²) in [6, 6.07) is 1.75. The van der Waals surface area contributed by atoms with E-state index in [9.17, 15) is 0 Å². The molecule has 1 N–H and O–H groups in total. The van der Waals surface area contributed by atoms with E-state index in [1.165, 1.54) is 0 Å². The van der Waals surface area contributed by atoms with E-state index in [1.807, 2.05) is 0 Å². The van der Waals surface area contributed by atoms with Crippen molar-refractivity contribution in [3.63, 3.8) is 0 Å². The summed E-state index contributed by atoms with van der Waals surface area (Å²) in [4.78, 5) is 6.68. The van der Waals surface area contributed by atoms with E-state index in [2.05, 4.69) is 15.2 Å². The average Bonchev–Trinajstić information content (AvgIpc) is 2.81. The van der Waals surface area contributed by atoms with E-state index >= 15 is 0 Å². The van der Waals surface area contributed by atoms with Crippen LogP contribution in [0.4, 0.5) is 0 Å². The molecule has 2 aliphatic heterocycles. The van der Waals surface area contributed by atoms with E-state index < -0.39 is 0 Å². The summed E-state index contributed by atoms with van der Waals surface area (Å²) in [7, 11) is 0. The van der Waals surface area contributed by atoms with Crippen molar-refractivity contribution < 1.29 is 4.74 Å². The molecule has 1 atom stereocenters. The molecule has 0 aliphatic carbocycles. The third kappa shape index (κ3) is 4.58. The molecule has 0 radical (unpaired) electrons. The second-order valence-electron chi connectivity index (χ2n) is 5.25. The van der Waals surface area contributed by atoms with Crippen molar-refractivity contribution in [2.24, 2.45) is 0 Å². The maximum absolute atomic E-state index is 6.18. The number of morpholine rings is 1. The van der Waals surface area contributed by atoms with Crippen molar-refractivity contribution in [1.82, 2.24) is 15.2 Å². The predicted molar refractivity (Wildman–Crippen MR) is 90.2 cm³/mol. The molecule has 1 aromatic heterocycles. The van der Waals surface area contributed by atoms with Gasteiger partial charge in [-0.15, -0.1) is 24.8 Å². The Hall–Kier alpha value is 0.190. The first-order chi connectivity index (χ1) is 9.17. The number of halogens is 4. The van der Waals surface area contributed by atoms with Gasteiger partial charge in [0.2, 0.25) is 0 Å². The molecule has 0 bridgehead atoms. The molecule has 2 aliphatic rings. The van der Waals surface area contributed by atoms with Crippen LogP contribution in [0, 0.1) is 0 Å². The molecule has 1 spiro atoms. The highest BCUT2D eigenvalue weighted by molar-refractivity contribution is 6.34. The predicted octanol–water partition coefficient (Wildman–Crippen LogP) is 2.80. The van der Waals surface area contributed by atoms with Crippen molar-refractivity contribution in [3.8, 4) is 0 Å². The Balaban J connectivity index is 0.00000110. The molecule has 8 heteroatoms. The topological polar surface area (TPSA) is 37.4 Å². The molecule has 4 nitrogen and oxygen atoms in total. The summed E-state index contributed by atoms with van der Waals surface area (Å²) in [6.07, 6.45) is 2.72. The highest BCUT2D eigenvalue weighted by atomic mass is 35.5. The average molecular weight is 375 g/mol. The SMILES string of the molecule is Cl.Cl.Clc1cnc(CN2CCOC3(CCNC3)C2)c(Cl)c1. The Morgan fingerprint density at radius 2 is 2.19 bits per heavy atom. The molecular formula is C13H19Cl4N3O. The number of hydrogen-bond acceptors (Lipinski definition) is 4. The van der Waals surface area contributed by atoms with E-state index in [1.54, 1.807) is 12.3 Å². The van der Waals surface area contributed by atoms with Gasteiger partial charge < -0.3 is 10.1 Å². The molecule has 0 saturated carbocycles. The van der Waals surface area contributed by atoms with Gasteiger partial charge in [-0.2, -0.15) is 0 Å². The molecule has 2 fully saturated rings. The van der Waals surface area contributed by atoms with E-state index in [-0.39, 0.29) is 30.4 Å². The molecule has 3 heterocycles. The van der Waals surface area contributed by atoms with Crippen molar-refractivity contribution in [3.05, 3.63) is 28.0 Å². The number of aromatic nitrogens is 1. The van der Waals surface area contributed by atoms with Gasteiger partial charge in [-0.3, -0.25) is 9.88 Å². The fraction of sp³-hybridized carbons (Fsp3) is 0.615. The first-order valence-corrected chi connectivity index (χ1v) is 7.29. The van der Waals surface area contributed by atoms with Crippen LogP contribution >= 0.6 is 48.0 Å². The molecule has 120 valence electrons. The summed E-state index contributed by atoms with van der Waals surface area (Å²) in [5.41, 5.74) is 0.867. The lowest BCUT2D eigenvalue weighted by Gasteiger charge is -2.39. The number of pyridine rings is 1. The smallest absolute Gasteiger partial charge is 0.0945 e. The van der Waals surface area contributed by atoms with E-state index in [4.69, 9.17) is 27.9 Å². The fourth-order valence-corrected chi connectivity index (χ4v) is 3.25. The molecule has 0 aromatic carbocycles. The summed E-state index contributed by atoms with van der Waals surface area (Å²) in [6.45, 7) is 5.34. The molecule has 1 aromatic rings. The highest BCUT2D eigenvalue weighted by Crippen LogP contribution is 2.27. The third-order valence-corrected chi connectivity index (χ3v) is 4.32. The minimum Gasteiger partial charge on any atom is -0.371 e. The van der Waals surface area contributed by atoms with Gasteiger partial charge in [0.25, 0.3) is 0 Å². The number of rotatable bonds is 2. The Morgan fingerprint density at radius 1 is 1.38 bits per heavy atom. The van der Waals surface area contributed by atoms with Gasteiger partial charge in [0, 0.05) is 32.4 Å². The summed E-state index contributed by atoms with van der Waals surface area (Å²) < 4.78 is 5.97. The van der Waals surface area contributed by atoms with Crippen LogP contribution in [0.5, 0.6) is 0 Å². The lowest BCUT2D eigenvalue weighted by molar-refractivity contribution is -0.0986. The number of nitrogens with zero attached hydrogens (tertiary/aromatic N) is 2. The first kappa shape index (κ1) is 19.2. The van der Waals surface area contributed by atoms with Crippen LogP contribution in [-0.2, 0) is 11.3 Å². The zero-order valence-corrected chi connectivity index (χ0v) is 14.6. The Bertz CT molecular complexity index is 469. The van der Waals surface area contributed by atoms with Crippen LogP contribution in [0.1, 0.15) is 12.1 Å². The third-order valence-electron chi connectivity index (χ3n) is 3.79. The van der Waals surface area contributed by atoms with Crippen molar-refractivity contribution in [1.29, 1.82) is 0 Å². The Kier molecular flexibility index (Phi) is 7.47. The first-order valence-electron chi connectivity index (χ1n) is 6.54. The van der Waals surface area contributed by atoms with Crippen LogP contribution in [0.25, 0.3) is 0 Å². The van der Waals surface area contributed by atoms with Crippen molar-refractivity contribution in [2.45, 2.75) is 18.6 Å². The van der Waals surface area contributed by atoms with Gasteiger partial charge in [0.1, 0.15) is 0 Å².